The Morgan fingerprint density at radius 3 is 2.38 bits per heavy atom. The smallest absolute Gasteiger partial charge is 0.137 e. The molecule has 0 saturated heterocycles. The number of hydrogen-bond acceptors (Lipinski definition) is 0. The summed E-state index contributed by atoms with van der Waals surface area (Å²) >= 11 is 10.4. The maximum Gasteiger partial charge on any atom is 0.137 e. The molecule has 0 fully saturated rings. The van der Waals surface area contributed by atoms with Crippen LogP contribution in [0.1, 0.15) is 18.9 Å². The van der Waals surface area contributed by atoms with Crippen molar-refractivity contribution in [3.8, 4) is 0 Å². The summed E-state index contributed by atoms with van der Waals surface area (Å²) in [7, 11) is 0. The van der Waals surface area contributed by atoms with Gasteiger partial charge < -0.3 is 0 Å². The van der Waals surface area contributed by atoms with Crippen molar-refractivity contribution < 1.29 is 4.39 Å². The van der Waals surface area contributed by atoms with Crippen LogP contribution in [0.25, 0.3) is 0 Å². The van der Waals surface area contributed by atoms with Gasteiger partial charge >= 0.3 is 0 Å². The zero-order chi connectivity index (χ0) is 12.2. The van der Waals surface area contributed by atoms with Crippen molar-refractivity contribution in [3.05, 3.63) is 34.1 Å². The summed E-state index contributed by atoms with van der Waals surface area (Å²) in [6, 6.07) is 5.21. The fraction of sp³-hybridized carbons (Fsp3) is 0.500. The predicted octanol–water partition coefficient (Wildman–Crippen LogP) is 5.32. The molecule has 90 valence electrons. The first kappa shape index (κ1) is 14.7. The van der Waals surface area contributed by atoms with E-state index in [1.807, 2.05) is 6.07 Å². The van der Waals surface area contributed by atoms with E-state index in [0.29, 0.717) is 4.47 Å². The van der Waals surface area contributed by atoms with Gasteiger partial charge in [-0.3, -0.25) is 0 Å². The Kier molecular flexibility index (Phi) is 5.95. The average molecular weight is 417 g/mol. The Labute approximate surface area is 121 Å². The van der Waals surface area contributed by atoms with Crippen LogP contribution in [-0.4, -0.2) is 10.7 Å². The van der Waals surface area contributed by atoms with Crippen LogP contribution in [0.4, 0.5) is 4.39 Å². The van der Waals surface area contributed by atoms with Gasteiger partial charge in [-0.1, -0.05) is 50.9 Å². The molecule has 0 aliphatic rings. The van der Waals surface area contributed by atoms with E-state index in [9.17, 15) is 4.39 Å². The molecule has 0 radical (unpaired) electrons. The van der Waals surface area contributed by atoms with Crippen LogP contribution in [0.15, 0.2) is 22.7 Å². The molecule has 0 amide bonds. The Bertz CT molecular complexity index is 340. The standard InChI is InChI=1S/C12H14Br3F/c1-2-12(7-13,8-14)6-9-4-3-5-10(16)11(9)15/h3-5H,2,6-8H2,1H3. The van der Waals surface area contributed by atoms with E-state index in [1.165, 1.54) is 6.07 Å². The quantitative estimate of drug-likeness (QED) is 0.570. The summed E-state index contributed by atoms with van der Waals surface area (Å²) in [6.07, 6.45) is 1.91. The molecule has 0 aliphatic carbocycles. The molecule has 0 spiro atoms. The fourth-order valence-corrected chi connectivity index (χ4v) is 4.06. The summed E-state index contributed by atoms with van der Waals surface area (Å²) < 4.78 is 14.0. The van der Waals surface area contributed by atoms with E-state index in [2.05, 4.69) is 54.7 Å². The summed E-state index contributed by atoms with van der Waals surface area (Å²) in [5.74, 6) is -0.188. The molecule has 0 atom stereocenters. The molecule has 1 rings (SSSR count). The molecule has 0 unspecified atom stereocenters. The van der Waals surface area contributed by atoms with Crippen molar-refractivity contribution in [2.45, 2.75) is 19.8 Å². The van der Waals surface area contributed by atoms with E-state index in [1.54, 1.807) is 6.07 Å². The van der Waals surface area contributed by atoms with E-state index in [0.717, 1.165) is 29.1 Å². The SMILES string of the molecule is CCC(CBr)(CBr)Cc1cccc(F)c1Br. The topological polar surface area (TPSA) is 0 Å². The lowest BCUT2D eigenvalue weighted by Gasteiger charge is -2.29. The van der Waals surface area contributed by atoms with Crippen molar-refractivity contribution in [2.24, 2.45) is 5.41 Å². The van der Waals surface area contributed by atoms with Gasteiger partial charge in [0, 0.05) is 10.7 Å². The molecule has 0 bridgehead atoms. The van der Waals surface area contributed by atoms with Crippen molar-refractivity contribution in [2.75, 3.05) is 10.7 Å². The van der Waals surface area contributed by atoms with E-state index in [-0.39, 0.29) is 11.2 Å². The zero-order valence-corrected chi connectivity index (χ0v) is 13.8. The van der Waals surface area contributed by atoms with Gasteiger partial charge in [-0.2, -0.15) is 0 Å². The van der Waals surface area contributed by atoms with Gasteiger partial charge in [-0.25, -0.2) is 4.39 Å². The van der Waals surface area contributed by atoms with Gasteiger partial charge in [0.15, 0.2) is 0 Å². The van der Waals surface area contributed by atoms with Crippen molar-refractivity contribution in [3.63, 3.8) is 0 Å². The number of rotatable bonds is 5. The van der Waals surface area contributed by atoms with Crippen LogP contribution in [0.5, 0.6) is 0 Å². The third-order valence-electron chi connectivity index (χ3n) is 2.91. The third-order valence-corrected chi connectivity index (χ3v) is 6.18. The van der Waals surface area contributed by atoms with Gasteiger partial charge in [-0.15, -0.1) is 0 Å². The molecular formula is C12H14Br3F. The normalized spacial score (nSPS) is 11.8. The van der Waals surface area contributed by atoms with Gasteiger partial charge in [0.2, 0.25) is 0 Å². The lowest BCUT2D eigenvalue weighted by Crippen LogP contribution is -2.27. The van der Waals surface area contributed by atoms with Crippen molar-refractivity contribution in [1.82, 2.24) is 0 Å². The van der Waals surface area contributed by atoms with Crippen LogP contribution in [0, 0.1) is 11.2 Å². The molecule has 0 aliphatic heterocycles. The maximum atomic E-state index is 13.4. The largest absolute Gasteiger partial charge is 0.206 e. The number of alkyl halides is 2. The summed E-state index contributed by atoms with van der Waals surface area (Å²) in [6.45, 7) is 2.16. The molecule has 0 nitrogen and oxygen atoms in total. The predicted molar refractivity (Wildman–Crippen MR) is 78.1 cm³/mol. The molecule has 0 saturated carbocycles. The number of halogens is 4. The van der Waals surface area contributed by atoms with Crippen molar-refractivity contribution >= 4 is 47.8 Å². The fourth-order valence-electron chi connectivity index (χ4n) is 1.53. The van der Waals surface area contributed by atoms with Crippen LogP contribution in [0.3, 0.4) is 0 Å². The van der Waals surface area contributed by atoms with Gasteiger partial charge in [0.25, 0.3) is 0 Å². The Morgan fingerprint density at radius 1 is 1.25 bits per heavy atom. The number of hydrogen-bond donors (Lipinski definition) is 0. The van der Waals surface area contributed by atoms with E-state index >= 15 is 0 Å². The van der Waals surface area contributed by atoms with E-state index < -0.39 is 0 Å². The van der Waals surface area contributed by atoms with Crippen LogP contribution in [-0.2, 0) is 6.42 Å². The lowest BCUT2D eigenvalue weighted by molar-refractivity contribution is 0.372. The van der Waals surface area contributed by atoms with E-state index in [4.69, 9.17) is 0 Å². The highest BCUT2D eigenvalue weighted by Gasteiger charge is 2.27. The monoisotopic (exact) mass is 414 g/mol. The Morgan fingerprint density at radius 2 is 1.88 bits per heavy atom. The second-order valence-electron chi connectivity index (χ2n) is 4.01. The first-order chi connectivity index (χ1) is 7.58. The molecule has 1 aromatic rings. The highest BCUT2D eigenvalue weighted by molar-refractivity contribution is 9.10. The summed E-state index contributed by atoms with van der Waals surface area (Å²) in [5.41, 5.74) is 1.18. The van der Waals surface area contributed by atoms with Gasteiger partial charge in [0.1, 0.15) is 5.82 Å². The molecule has 1 aromatic carbocycles. The molecule has 16 heavy (non-hydrogen) atoms. The van der Waals surface area contributed by atoms with Gasteiger partial charge in [0.05, 0.1) is 4.47 Å². The van der Waals surface area contributed by atoms with Crippen molar-refractivity contribution in [1.29, 1.82) is 0 Å². The minimum absolute atomic E-state index is 0.149. The summed E-state index contributed by atoms with van der Waals surface area (Å²) in [5, 5.41) is 1.81. The minimum Gasteiger partial charge on any atom is -0.206 e. The first-order valence-corrected chi connectivity index (χ1v) is 8.17. The minimum atomic E-state index is -0.188. The molecule has 4 heteroatoms. The Hall–Kier alpha value is 0.590. The second-order valence-corrected chi connectivity index (χ2v) is 5.93. The number of benzene rings is 1. The van der Waals surface area contributed by atoms with Gasteiger partial charge in [-0.05, 0) is 45.8 Å². The van der Waals surface area contributed by atoms with Crippen LogP contribution in [0.2, 0.25) is 0 Å². The molecular weight excluding hydrogens is 403 g/mol. The maximum absolute atomic E-state index is 13.4. The molecule has 0 aromatic heterocycles. The average Bonchev–Trinajstić information content (AvgIpc) is 2.32. The Balaban J connectivity index is 2.98. The summed E-state index contributed by atoms with van der Waals surface area (Å²) in [4.78, 5) is 0. The highest BCUT2D eigenvalue weighted by atomic mass is 79.9. The highest BCUT2D eigenvalue weighted by Crippen LogP contribution is 2.34. The zero-order valence-electron chi connectivity index (χ0n) is 9.07. The molecule has 0 N–H and O–H groups in total. The first-order valence-electron chi connectivity index (χ1n) is 5.13. The third kappa shape index (κ3) is 3.30. The van der Waals surface area contributed by atoms with Crippen LogP contribution < -0.4 is 0 Å². The lowest BCUT2D eigenvalue weighted by atomic mass is 9.83. The molecule has 0 heterocycles. The second kappa shape index (κ2) is 6.50. The van der Waals surface area contributed by atoms with Crippen LogP contribution >= 0.6 is 47.8 Å².